The van der Waals surface area contributed by atoms with Crippen LogP contribution < -0.4 is 0 Å². The Morgan fingerprint density at radius 1 is 1.27 bits per heavy atom. The van der Waals surface area contributed by atoms with Gasteiger partial charge in [0.15, 0.2) is 0 Å². The summed E-state index contributed by atoms with van der Waals surface area (Å²) < 4.78 is 5.02. The lowest BCUT2D eigenvalue weighted by atomic mass is 9.96. The molecular weight excluding hydrogens is 381 g/mol. The van der Waals surface area contributed by atoms with E-state index in [1.165, 1.54) is 17.1 Å². The van der Waals surface area contributed by atoms with Crippen molar-refractivity contribution < 1.29 is 14.5 Å². The summed E-state index contributed by atoms with van der Waals surface area (Å²) in [4.78, 5) is 22.5. The molecule has 134 valence electrons. The number of nitrogens with zero attached hydrogens (tertiary/aromatic N) is 3. The van der Waals surface area contributed by atoms with Crippen LogP contribution in [0.3, 0.4) is 0 Å². The Balaban J connectivity index is 2.10. The smallest absolute Gasteiger partial charge is 0.430 e. The molecule has 0 aliphatic carbocycles. The molecule has 0 aromatic heterocycles. The maximum absolute atomic E-state index is 12.1. The average Bonchev–Trinajstić information content (AvgIpc) is 2.62. The number of carbonyl (C=O) groups excluding carboxylic acids is 1. The van der Waals surface area contributed by atoms with Crippen LogP contribution in [0, 0.1) is 10.1 Å². The predicted octanol–water partition coefficient (Wildman–Crippen LogP) is 4.63. The van der Waals surface area contributed by atoms with Crippen LogP contribution >= 0.6 is 23.2 Å². The van der Waals surface area contributed by atoms with Gasteiger partial charge in [0.25, 0.3) is 5.69 Å². The Kier molecular flexibility index (Phi) is 5.11. The minimum Gasteiger partial charge on any atom is -0.448 e. The van der Waals surface area contributed by atoms with Crippen LogP contribution in [0.2, 0.25) is 10.0 Å². The van der Waals surface area contributed by atoms with Crippen LogP contribution in [-0.2, 0) is 11.3 Å². The fourth-order valence-corrected chi connectivity index (χ4v) is 2.92. The van der Waals surface area contributed by atoms with Gasteiger partial charge in [0, 0.05) is 23.3 Å². The number of halogens is 2. The highest BCUT2D eigenvalue weighted by atomic mass is 35.5. The van der Waals surface area contributed by atoms with Gasteiger partial charge < -0.3 is 4.74 Å². The maximum Gasteiger partial charge on any atom is 0.430 e. The second kappa shape index (κ2) is 7.31. The van der Waals surface area contributed by atoms with Crippen LogP contribution in [0.25, 0.3) is 0 Å². The summed E-state index contributed by atoms with van der Waals surface area (Å²) in [5, 5.41) is 17.1. The molecule has 0 fully saturated rings. The largest absolute Gasteiger partial charge is 0.448 e. The quantitative estimate of drug-likeness (QED) is 0.561. The van der Waals surface area contributed by atoms with E-state index in [4.69, 9.17) is 27.9 Å². The normalized spacial score (nSPS) is 13.0. The number of rotatable bonds is 3. The fraction of sp³-hybridized carbons (Fsp3) is 0.176. The molecule has 2 aromatic carbocycles. The molecule has 0 atom stereocenters. The van der Waals surface area contributed by atoms with E-state index >= 15 is 0 Å². The first-order valence-corrected chi connectivity index (χ1v) is 8.42. The van der Waals surface area contributed by atoms with Gasteiger partial charge in [0.2, 0.25) is 0 Å². The third kappa shape index (κ3) is 3.49. The highest BCUT2D eigenvalue weighted by Crippen LogP contribution is 2.31. The molecule has 0 radical (unpaired) electrons. The molecule has 0 saturated carbocycles. The summed E-state index contributed by atoms with van der Waals surface area (Å²) in [7, 11) is 0. The molecule has 0 saturated heterocycles. The molecule has 7 nitrogen and oxygen atoms in total. The van der Waals surface area contributed by atoms with Gasteiger partial charge in [-0.05, 0) is 36.8 Å². The van der Waals surface area contributed by atoms with E-state index in [1.54, 1.807) is 31.2 Å². The highest BCUT2D eigenvalue weighted by molar-refractivity contribution is 6.42. The topological polar surface area (TPSA) is 85.0 Å². The number of amides is 1. The summed E-state index contributed by atoms with van der Waals surface area (Å²) in [5.74, 6) is 0. The molecule has 1 amide bonds. The zero-order valence-electron chi connectivity index (χ0n) is 13.6. The van der Waals surface area contributed by atoms with Crippen molar-refractivity contribution in [2.45, 2.75) is 13.5 Å². The number of hydrazone groups is 1. The summed E-state index contributed by atoms with van der Waals surface area (Å²) in [6.45, 7) is 2.10. The number of ether oxygens (including phenoxy) is 1. The summed E-state index contributed by atoms with van der Waals surface area (Å²) >= 11 is 12.2. The lowest BCUT2D eigenvalue weighted by molar-refractivity contribution is -0.384. The second-order valence-electron chi connectivity index (χ2n) is 5.43. The third-order valence-corrected chi connectivity index (χ3v) is 4.49. The van der Waals surface area contributed by atoms with Crippen LogP contribution in [-0.4, -0.2) is 28.3 Å². The van der Waals surface area contributed by atoms with Gasteiger partial charge >= 0.3 is 6.09 Å². The van der Waals surface area contributed by atoms with Crippen molar-refractivity contribution in [2.75, 3.05) is 6.61 Å². The zero-order valence-corrected chi connectivity index (χ0v) is 15.1. The number of fused-ring (bicyclic) bond motifs is 1. The van der Waals surface area contributed by atoms with E-state index in [2.05, 4.69) is 5.10 Å². The second-order valence-corrected chi connectivity index (χ2v) is 6.25. The Hall–Kier alpha value is -2.64. The fourth-order valence-electron chi connectivity index (χ4n) is 2.57. The van der Waals surface area contributed by atoms with Gasteiger partial charge in [0.05, 0.1) is 33.8 Å². The first kappa shape index (κ1) is 18.2. The Labute approximate surface area is 158 Å². The van der Waals surface area contributed by atoms with Crippen LogP contribution in [0.5, 0.6) is 0 Å². The van der Waals surface area contributed by atoms with Crippen LogP contribution in [0.1, 0.15) is 23.6 Å². The summed E-state index contributed by atoms with van der Waals surface area (Å²) in [5.41, 5.74) is 2.46. The van der Waals surface area contributed by atoms with E-state index in [0.717, 1.165) is 5.56 Å². The predicted molar refractivity (Wildman–Crippen MR) is 97.8 cm³/mol. The maximum atomic E-state index is 12.1. The number of hydrogen-bond donors (Lipinski definition) is 0. The molecule has 0 spiro atoms. The van der Waals surface area contributed by atoms with Crippen molar-refractivity contribution in [3.05, 3.63) is 73.2 Å². The molecule has 2 aromatic rings. The third-order valence-electron chi connectivity index (χ3n) is 3.77. The molecule has 1 heterocycles. The average molecular weight is 394 g/mol. The van der Waals surface area contributed by atoms with E-state index in [9.17, 15) is 14.9 Å². The van der Waals surface area contributed by atoms with Gasteiger partial charge in [0.1, 0.15) is 0 Å². The minimum atomic E-state index is -0.594. The number of hydrogen-bond acceptors (Lipinski definition) is 5. The number of non-ortho nitro benzene ring substituents is 1. The molecule has 1 aliphatic rings. The zero-order chi connectivity index (χ0) is 18.8. The first-order chi connectivity index (χ1) is 12.4. The van der Waals surface area contributed by atoms with Gasteiger partial charge in [-0.15, -0.1) is 0 Å². The van der Waals surface area contributed by atoms with Crippen molar-refractivity contribution in [3.8, 4) is 0 Å². The van der Waals surface area contributed by atoms with Crippen molar-refractivity contribution >= 4 is 40.7 Å². The molecule has 1 aliphatic heterocycles. The Morgan fingerprint density at radius 2 is 1.92 bits per heavy atom. The van der Waals surface area contributed by atoms with Crippen molar-refractivity contribution in [2.24, 2.45) is 5.10 Å². The minimum absolute atomic E-state index is 0.0400. The number of nitro groups is 1. The van der Waals surface area contributed by atoms with Crippen LogP contribution in [0.4, 0.5) is 10.5 Å². The van der Waals surface area contributed by atoms with Gasteiger partial charge in [-0.25, -0.2) is 4.79 Å². The molecule has 3 rings (SSSR count). The Morgan fingerprint density at radius 3 is 2.54 bits per heavy atom. The standard InChI is InChI=1S/C17H13Cl2N3O4/c1-2-26-17(23)21-9-11-7-14(18)15(19)8-13(11)16(20-21)10-3-5-12(6-4-10)22(24)25/h3-8H,2,9H2,1H3. The summed E-state index contributed by atoms with van der Waals surface area (Å²) in [6, 6.07) is 9.22. The monoisotopic (exact) mass is 393 g/mol. The van der Waals surface area contributed by atoms with Gasteiger partial charge in [-0.3, -0.25) is 10.1 Å². The van der Waals surface area contributed by atoms with E-state index in [0.29, 0.717) is 26.9 Å². The van der Waals surface area contributed by atoms with E-state index in [-0.39, 0.29) is 18.8 Å². The van der Waals surface area contributed by atoms with Crippen LogP contribution in [0.15, 0.2) is 41.5 Å². The SMILES string of the molecule is CCOC(=O)N1Cc2cc(Cl)c(Cl)cc2C(c2ccc([N+](=O)[O-])cc2)=N1. The number of nitro benzene ring substituents is 1. The lowest BCUT2D eigenvalue weighted by Gasteiger charge is -2.26. The first-order valence-electron chi connectivity index (χ1n) is 7.66. The van der Waals surface area contributed by atoms with E-state index < -0.39 is 11.0 Å². The molecule has 9 heteroatoms. The number of carbonyl (C=O) groups is 1. The van der Waals surface area contributed by atoms with Crippen molar-refractivity contribution in [3.63, 3.8) is 0 Å². The van der Waals surface area contributed by atoms with Gasteiger partial charge in [-0.1, -0.05) is 23.2 Å². The lowest BCUT2D eigenvalue weighted by Crippen LogP contribution is -2.32. The Bertz CT molecular complexity index is 913. The molecule has 0 bridgehead atoms. The molecule has 0 N–H and O–H groups in total. The molecule has 26 heavy (non-hydrogen) atoms. The van der Waals surface area contributed by atoms with E-state index in [1.807, 2.05) is 0 Å². The molecule has 0 unspecified atom stereocenters. The van der Waals surface area contributed by atoms with Gasteiger partial charge in [-0.2, -0.15) is 10.1 Å². The molecular formula is C17H13Cl2N3O4. The van der Waals surface area contributed by atoms with Crippen molar-refractivity contribution in [1.29, 1.82) is 0 Å². The van der Waals surface area contributed by atoms with Crippen molar-refractivity contribution in [1.82, 2.24) is 5.01 Å². The highest BCUT2D eigenvalue weighted by Gasteiger charge is 2.26. The summed E-state index contributed by atoms with van der Waals surface area (Å²) in [6.07, 6.45) is -0.594. The number of benzene rings is 2.